The number of guanidine groups is 1. The molecule has 0 saturated carbocycles. The first kappa shape index (κ1) is 16.4. The number of rotatable bonds is 7. The van der Waals surface area contributed by atoms with Crippen LogP contribution in [0.2, 0.25) is 0 Å². The molecule has 1 heterocycles. The minimum atomic E-state index is -0.0213. The van der Waals surface area contributed by atoms with E-state index in [0.717, 1.165) is 24.9 Å². The first-order valence-electron chi connectivity index (χ1n) is 6.93. The van der Waals surface area contributed by atoms with Crippen molar-refractivity contribution < 1.29 is 0 Å². The average molecular weight is 293 g/mol. The SMILES string of the molecule is CCCCCNC(=S)N(CCc1ccncc1)C(=N)N. The molecule has 4 N–H and O–H groups in total. The predicted molar refractivity (Wildman–Crippen MR) is 86.7 cm³/mol. The summed E-state index contributed by atoms with van der Waals surface area (Å²) in [5, 5.41) is 11.3. The number of nitrogens with two attached hydrogens (primary N) is 1. The van der Waals surface area contributed by atoms with Gasteiger partial charge in [0.05, 0.1) is 0 Å². The van der Waals surface area contributed by atoms with Crippen molar-refractivity contribution in [3.8, 4) is 0 Å². The summed E-state index contributed by atoms with van der Waals surface area (Å²) in [7, 11) is 0. The number of hydrogen-bond donors (Lipinski definition) is 3. The smallest absolute Gasteiger partial charge is 0.194 e. The molecule has 0 unspecified atom stereocenters. The van der Waals surface area contributed by atoms with Crippen molar-refractivity contribution in [3.05, 3.63) is 30.1 Å². The molecule has 0 saturated heterocycles. The second-order valence-corrected chi connectivity index (χ2v) is 4.97. The standard InChI is InChI=1S/C14H23N5S/c1-2-3-4-8-18-14(20)19(13(15)16)11-7-12-5-9-17-10-6-12/h5-6,9-10H,2-4,7-8,11H2,1H3,(H3,15,16)(H,18,20). The quantitative estimate of drug-likeness (QED) is 0.310. The minimum absolute atomic E-state index is 0.0213. The third-order valence-corrected chi connectivity index (χ3v) is 3.33. The van der Waals surface area contributed by atoms with Crippen molar-refractivity contribution in [2.24, 2.45) is 5.73 Å². The number of pyridine rings is 1. The summed E-state index contributed by atoms with van der Waals surface area (Å²) < 4.78 is 0. The number of nitrogens with one attached hydrogen (secondary N) is 2. The van der Waals surface area contributed by atoms with E-state index < -0.39 is 0 Å². The van der Waals surface area contributed by atoms with Gasteiger partial charge in [0.1, 0.15) is 0 Å². The summed E-state index contributed by atoms with van der Waals surface area (Å²) in [6.07, 6.45) is 7.72. The normalized spacial score (nSPS) is 10.1. The predicted octanol–water partition coefficient (Wildman–Crippen LogP) is 1.88. The van der Waals surface area contributed by atoms with Gasteiger partial charge in [-0.25, -0.2) is 0 Å². The Hall–Kier alpha value is -1.69. The molecule has 0 spiro atoms. The van der Waals surface area contributed by atoms with Crippen LogP contribution < -0.4 is 11.1 Å². The van der Waals surface area contributed by atoms with Crippen molar-refractivity contribution in [2.75, 3.05) is 13.1 Å². The Balaban J connectivity index is 2.43. The lowest BCUT2D eigenvalue weighted by Gasteiger charge is -2.24. The second-order valence-electron chi connectivity index (χ2n) is 4.58. The van der Waals surface area contributed by atoms with Crippen LogP contribution in [0.1, 0.15) is 31.7 Å². The van der Waals surface area contributed by atoms with Gasteiger partial charge in [-0.1, -0.05) is 19.8 Å². The van der Waals surface area contributed by atoms with Gasteiger partial charge in [-0.15, -0.1) is 0 Å². The highest BCUT2D eigenvalue weighted by Gasteiger charge is 2.11. The number of unbranched alkanes of at least 4 members (excludes halogenated alkanes) is 2. The maximum absolute atomic E-state index is 7.63. The van der Waals surface area contributed by atoms with E-state index >= 15 is 0 Å². The molecule has 6 heteroatoms. The van der Waals surface area contributed by atoms with Gasteiger partial charge in [-0.05, 0) is 42.8 Å². The number of thiocarbonyl (C=S) groups is 1. The maximum Gasteiger partial charge on any atom is 0.194 e. The lowest BCUT2D eigenvalue weighted by atomic mass is 10.2. The molecule has 0 radical (unpaired) electrons. The summed E-state index contributed by atoms with van der Waals surface area (Å²) in [6.45, 7) is 3.58. The molecule has 110 valence electrons. The Kier molecular flexibility index (Phi) is 7.57. The fourth-order valence-electron chi connectivity index (χ4n) is 1.79. The van der Waals surface area contributed by atoms with Crippen LogP contribution >= 0.6 is 12.2 Å². The van der Waals surface area contributed by atoms with Crippen molar-refractivity contribution >= 4 is 23.3 Å². The van der Waals surface area contributed by atoms with E-state index in [4.69, 9.17) is 23.4 Å². The third-order valence-electron chi connectivity index (χ3n) is 2.97. The molecule has 1 aromatic heterocycles. The lowest BCUT2D eigenvalue weighted by Crippen LogP contribution is -2.47. The van der Waals surface area contributed by atoms with Gasteiger partial charge in [0.2, 0.25) is 0 Å². The average Bonchev–Trinajstić information content (AvgIpc) is 2.44. The van der Waals surface area contributed by atoms with E-state index in [1.807, 2.05) is 12.1 Å². The molecular weight excluding hydrogens is 270 g/mol. The second kappa shape index (κ2) is 9.25. The van der Waals surface area contributed by atoms with Crippen molar-refractivity contribution in [1.82, 2.24) is 15.2 Å². The van der Waals surface area contributed by atoms with Crippen LogP contribution in [-0.4, -0.2) is 34.0 Å². The van der Waals surface area contributed by atoms with Crippen molar-refractivity contribution in [3.63, 3.8) is 0 Å². The molecule has 0 aliphatic carbocycles. The van der Waals surface area contributed by atoms with Gasteiger partial charge in [0, 0.05) is 25.5 Å². The van der Waals surface area contributed by atoms with Crippen LogP contribution in [0.15, 0.2) is 24.5 Å². The topological polar surface area (TPSA) is 78.0 Å². The molecule has 1 rings (SSSR count). The van der Waals surface area contributed by atoms with E-state index in [-0.39, 0.29) is 5.96 Å². The molecule has 0 aromatic carbocycles. The van der Waals surface area contributed by atoms with Crippen LogP contribution in [0, 0.1) is 5.41 Å². The highest BCUT2D eigenvalue weighted by Crippen LogP contribution is 2.01. The van der Waals surface area contributed by atoms with Gasteiger partial charge < -0.3 is 11.1 Å². The fourth-order valence-corrected chi connectivity index (χ4v) is 2.08. The van der Waals surface area contributed by atoms with Crippen LogP contribution in [-0.2, 0) is 6.42 Å². The minimum Gasteiger partial charge on any atom is -0.370 e. The largest absolute Gasteiger partial charge is 0.370 e. The molecule has 0 fully saturated rings. The summed E-state index contributed by atoms with van der Waals surface area (Å²) in [4.78, 5) is 5.61. The molecular formula is C14H23N5S. The molecule has 1 aromatic rings. The number of hydrogen-bond acceptors (Lipinski definition) is 3. The van der Waals surface area contributed by atoms with Crippen molar-refractivity contribution in [1.29, 1.82) is 5.41 Å². The van der Waals surface area contributed by atoms with E-state index in [2.05, 4.69) is 17.2 Å². The highest BCUT2D eigenvalue weighted by molar-refractivity contribution is 7.80. The Bertz CT molecular complexity index is 421. The Morgan fingerprint density at radius 2 is 2.10 bits per heavy atom. The number of aromatic nitrogens is 1. The van der Waals surface area contributed by atoms with Crippen LogP contribution in [0.25, 0.3) is 0 Å². The molecule has 0 atom stereocenters. The van der Waals surface area contributed by atoms with Gasteiger partial charge >= 0.3 is 0 Å². The van der Waals surface area contributed by atoms with Gasteiger partial charge in [-0.2, -0.15) is 0 Å². The van der Waals surface area contributed by atoms with Crippen LogP contribution in [0.4, 0.5) is 0 Å². The first-order chi connectivity index (χ1) is 9.65. The van der Waals surface area contributed by atoms with Gasteiger partial charge in [0.15, 0.2) is 11.1 Å². The van der Waals surface area contributed by atoms with E-state index in [0.29, 0.717) is 11.7 Å². The van der Waals surface area contributed by atoms with Gasteiger partial charge in [-0.3, -0.25) is 15.3 Å². The zero-order valence-electron chi connectivity index (χ0n) is 11.9. The zero-order chi connectivity index (χ0) is 14.8. The molecule has 0 bridgehead atoms. The summed E-state index contributed by atoms with van der Waals surface area (Å²) >= 11 is 5.30. The molecule has 0 amide bonds. The molecule has 5 nitrogen and oxygen atoms in total. The van der Waals surface area contributed by atoms with E-state index in [1.165, 1.54) is 12.8 Å². The Morgan fingerprint density at radius 1 is 1.40 bits per heavy atom. The Morgan fingerprint density at radius 3 is 2.70 bits per heavy atom. The van der Waals surface area contributed by atoms with E-state index in [9.17, 15) is 0 Å². The molecule has 0 aliphatic heterocycles. The maximum atomic E-state index is 7.63. The Labute approximate surface area is 126 Å². The van der Waals surface area contributed by atoms with E-state index in [1.54, 1.807) is 17.3 Å². The monoisotopic (exact) mass is 293 g/mol. The first-order valence-corrected chi connectivity index (χ1v) is 7.34. The highest BCUT2D eigenvalue weighted by atomic mass is 32.1. The van der Waals surface area contributed by atoms with Crippen molar-refractivity contribution in [2.45, 2.75) is 32.6 Å². The molecule has 0 aliphatic rings. The number of nitrogens with zero attached hydrogens (tertiary/aromatic N) is 2. The van der Waals surface area contributed by atoms with Crippen LogP contribution in [0.3, 0.4) is 0 Å². The summed E-state index contributed by atoms with van der Waals surface area (Å²) in [6, 6.07) is 3.91. The van der Waals surface area contributed by atoms with Crippen LogP contribution in [0.5, 0.6) is 0 Å². The summed E-state index contributed by atoms with van der Waals surface area (Å²) in [5.74, 6) is -0.0213. The fraction of sp³-hybridized carbons (Fsp3) is 0.500. The lowest BCUT2D eigenvalue weighted by molar-refractivity contribution is 0.571. The zero-order valence-corrected chi connectivity index (χ0v) is 12.7. The molecule has 20 heavy (non-hydrogen) atoms. The third kappa shape index (κ3) is 5.97. The summed E-state index contributed by atoms with van der Waals surface area (Å²) in [5.41, 5.74) is 6.75. The van der Waals surface area contributed by atoms with Gasteiger partial charge in [0.25, 0.3) is 0 Å².